The van der Waals surface area contributed by atoms with Gasteiger partial charge in [0.2, 0.25) is 5.91 Å². The second-order valence-electron chi connectivity index (χ2n) is 4.04. The molecule has 1 aromatic rings. The number of carbonyl (C=O) groups excluding carboxylic acids is 1. The van der Waals surface area contributed by atoms with E-state index in [0.717, 1.165) is 5.69 Å². The molecular formula is C12H17N3O2. The summed E-state index contributed by atoms with van der Waals surface area (Å²) in [5.41, 5.74) is 7.33. The SMILES string of the molecule is CCOc1cc(NC2CNC(=O)C2)ccc1N. The molecule has 1 fully saturated rings. The highest BCUT2D eigenvalue weighted by Crippen LogP contribution is 2.26. The van der Waals surface area contributed by atoms with Gasteiger partial charge in [0.25, 0.3) is 0 Å². The molecule has 17 heavy (non-hydrogen) atoms. The van der Waals surface area contributed by atoms with Crippen molar-refractivity contribution in [3.8, 4) is 5.75 Å². The van der Waals surface area contributed by atoms with Crippen LogP contribution in [0.3, 0.4) is 0 Å². The highest BCUT2D eigenvalue weighted by molar-refractivity contribution is 5.79. The fraction of sp³-hybridized carbons (Fsp3) is 0.417. The number of nitrogens with two attached hydrogens (primary N) is 1. The minimum Gasteiger partial charge on any atom is -0.492 e. The van der Waals surface area contributed by atoms with Gasteiger partial charge in [-0.3, -0.25) is 4.79 Å². The van der Waals surface area contributed by atoms with Gasteiger partial charge in [0.15, 0.2) is 0 Å². The largest absolute Gasteiger partial charge is 0.492 e. The standard InChI is InChI=1S/C12H17N3O2/c1-2-17-11-5-8(3-4-10(11)13)15-9-6-12(16)14-7-9/h3-5,9,15H,2,6-7,13H2,1H3,(H,14,16). The van der Waals surface area contributed by atoms with E-state index in [0.29, 0.717) is 31.0 Å². The van der Waals surface area contributed by atoms with Crippen LogP contribution in [0.25, 0.3) is 0 Å². The smallest absolute Gasteiger partial charge is 0.222 e. The molecule has 1 aliphatic rings. The van der Waals surface area contributed by atoms with Gasteiger partial charge in [-0.2, -0.15) is 0 Å². The average Bonchev–Trinajstić information content (AvgIpc) is 2.69. The van der Waals surface area contributed by atoms with Crippen LogP contribution in [0.2, 0.25) is 0 Å². The van der Waals surface area contributed by atoms with Gasteiger partial charge < -0.3 is 21.1 Å². The molecule has 92 valence electrons. The Morgan fingerprint density at radius 1 is 1.59 bits per heavy atom. The number of hydrogen-bond donors (Lipinski definition) is 3. The molecule has 1 saturated heterocycles. The molecule has 5 nitrogen and oxygen atoms in total. The van der Waals surface area contributed by atoms with Gasteiger partial charge in [0, 0.05) is 24.7 Å². The zero-order chi connectivity index (χ0) is 12.3. The number of nitrogen functional groups attached to an aromatic ring is 1. The van der Waals surface area contributed by atoms with Gasteiger partial charge in [-0.05, 0) is 19.1 Å². The van der Waals surface area contributed by atoms with Gasteiger partial charge in [-0.25, -0.2) is 0 Å². The summed E-state index contributed by atoms with van der Waals surface area (Å²) in [6, 6.07) is 5.69. The van der Waals surface area contributed by atoms with Crippen molar-refractivity contribution in [3.63, 3.8) is 0 Å². The van der Waals surface area contributed by atoms with Crippen LogP contribution in [0.1, 0.15) is 13.3 Å². The lowest BCUT2D eigenvalue weighted by Gasteiger charge is -2.14. The van der Waals surface area contributed by atoms with Crippen molar-refractivity contribution in [2.45, 2.75) is 19.4 Å². The number of benzene rings is 1. The Hall–Kier alpha value is -1.91. The average molecular weight is 235 g/mol. The Bertz CT molecular complexity index is 420. The Morgan fingerprint density at radius 2 is 2.41 bits per heavy atom. The van der Waals surface area contributed by atoms with E-state index in [1.165, 1.54) is 0 Å². The number of nitrogens with one attached hydrogen (secondary N) is 2. The second kappa shape index (κ2) is 4.95. The zero-order valence-corrected chi connectivity index (χ0v) is 9.82. The van der Waals surface area contributed by atoms with E-state index in [4.69, 9.17) is 10.5 Å². The van der Waals surface area contributed by atoms with Crippen molar-refractivity contribution in [3.05, 3.63) is 18.2 Å². The number of ether oxygens (including phenoxy) is 1. The summed E-state index contributed by atoms with van der Waals surface area (Å²) in [5.74, 6) is 0.762. The van der Waals surface area contributed by atoms with Gasteiger partial charge in [-0.1, -0.05) is 0 Å². The van der Waals surface area contributed by atoms with Gasteiger partial charge in [0.1, 0.15) is 5.75 Å². The maximum atomic E-state index is 11.1. The van der Waals surface area contributed by atoms with E-state index in [-0.39, 0.29) is 11.9 Å². The normalized spacial score (nSPS) is 18.9. The number of hydrogen-bond acceptors (Lipinski definition) is 4. The minimum atomic E-state index is 0.0861. The molecule has 1 heterocycles. The number of rotatable bonds is 4. The van der Waals surface area contributed by atoms with Crippen LogP contribution in [0.4, 0.5) is 11.4 Å². The highest BCUT2D eigenvalue weighted by Gasteiger charge is 2.21. The molecular weight excluding hydrogens is 218 g/mol. The lowest BCUT2D eigenvalue weighted by Crippen LogP contribution is -2.22. The van der Waals surface area contributed by atoms with Crippen LogP contribution >= 0.6 is 0 Å². The van der Waals surface area contributed by atoms with E-state index in [9.17, 15) is 4.79 Å². The summed E-state index contributed by atoms with van der Waals surface area (Å²) in [5, 5.41) is 6.06. The summed E-state index contributed by atoms with van der Waals surface area (Å²) in [6.45, 7) is 3.16. The molecule has 1 unspecified atom stereocenters. The molecule has 2 rings (SSSR count). The van der Waals surface area contributed by atoms with E-state index >= 15 is 0 Å². The Morgan fingerprint density at radius 3 is 3.06 bits per heavy atom. The van der Waals surface area contributed by atoms with E-state index in [1.54, 1.807) is 6.07 Å². The van der Waals surface area contributed by atoms with Crippen molar-refractivity contribution in [1.82, 2.24) is 5.32 Å². The number of anilines is 2. The van der Waals surface area contributed by atoms with Gasteiger partial charge in [-0.15, -0.1) is 0 Å². The molecule has 4 N–H and O–H groups in total. The van der Waals surface area contributed by atoms with E-state index in [1.807, 2.05) is 19.1 Å². The molecule has 0 spiro atoms. The van der Waals surface area contributed by atoms with Gasteiger partial charge >= 0.3 is 0 Å². The predicted molar refractivity (Wildman–Crippen MR) is 67.1 cm³/mol. The number of amides is 1. The van der Waals surface area contributed by atoms with E-state index < -0.39 is 0 Å². The lowest BCUT2D eigenvalue weighted by molar-refractivity contribution is -0.119. The van der Waals surface area contributed by atoms with Crippen molar-refractivity contribution >= 4 is 17.3 Å². The molecule has 0 radical (unpaired) electrons. The van der Waals surface area contributed by atoms with Crippen LogP contribution in [-0.4, -0.2) is 25.1 Å². The first-order chi connectivity index (χ1) is 8.19. The lowest BCUT2D eigenvalue weighted by atomic mass is 10.2. The Labute approximate surface area is 100 Å². The molecule has 0 aliphatic carbocycles. The summed E-state index contributed by atoms with van der Waals surface area (Å²) in [6.07, 6.45) is 0.508. The van der Waals surface area contributed by atoms with Crippen LogP contribution in [0, 0.1) is 0 Å². The molecule has 1 aliphatic heterocycles. The van der Waals surface area contributed by atoms with Crippen LogP contribution < -0.4 is 21.1 Å². The molecule has 0 aromatic heterocycles. The van der Waals surface area contributed by atoms with Crippen LogP contribution in [0.15, 0.2) is 18.2 Å². The fourth-order valence-electron chi connectivity index (χ4n) is 1.85. The number of carbonyl (C=O) groups is 1. The maximum absolute atomic E-state index is 11.1. The van der Waals surface area contributed by atoms with Crippen LogP contribution in [0.5, 0.6) is 5.75 Å². The van der Waals surface area contributed by atoms with Gasteiger partial charge in [0.05, 0.1) is 18.3 Å². The molecule has 5 heteroatoms. The van der Waals surface area contributed by atoms with Crippen LogP contribution in [-0.2, 0) is 4.79 Å². The summed E-state index contributed by atoms with van der Waals surface area (Å²) in [7, 11) is 0. The topological polar surface area (TPSA) is 76.4 Å². The summed E-state index contributed by atoms with van der Waals surface area (Å²) >= 11 is 0. The summed E-state index contributed by atoms with van der Waals surface area (Å²) < 4.78 is 5.42. The quantitative estimate of drug-likeness (QED) is 0.680. The summed E-state index contributed by atoms with van der Waals surface area (Å²) in [4.78, 5) is 11.1. The fourth-order valence-corrected chi connectivity index (χ4v) is 1.85. The predicted octanol–water partition coefficient (Wildman–Crippen LogP) is 0.968. The van der Waals surface area contributed by atoms with Crippen molar-refractivity contribution < 1.29 is 9.53 Å². The first kappa shape index (κ1) is 11.6. The monoisotopic (exact) mass is 235 g/mol. The zero-order valence-electron chi connectivity index (χ0n) is 9.82. The third-order valence-electron chi connectivity index (χ3n) is 2.66. The van der Waals surface area contributed by atoms with Crippen molar-refractivity contribution in [2.75, 3.05) is 24.2 Å². The second-order valence-corrected chi connectivity index (χ2v) is 4.04. The van der Waals surface area contributed by atoms with Crippen molar-refractivity contribution in [2.24, 2.45) is 0 Å². The third-order valence-corrected chi connectivity index (χ3v) is 2.66. The third kappa shape index (κ3) is 2.81. The molecule has 1 amide bonds. The molecule has 0 bridgehead atoms. The van der Waals surface area contributed by atoms with Crippen molar-refractivity contribution in [1.29, 1.82) is 0 Å². The Kier molecular flexibility index (Phi) is 3.37. The molecule has 0 saturated carbocycles. The highest BCUT2D eigenvalue weighted by atomic mass is 16.5. The maximum Gasteiger partial charge on any atom is 0.222 e. The Balaban J connectivity index is 2.05. The van der Waals surface area contributed by atoms with E-state index in [2.05, 4.69) is 10.6 Å². The minimum absolute atomic E-state index is 0.0861. The molecule has 1 atom stereocenters. The first-order valence-electron chi connectivity index (χ1n) is 5.74. The first-order valence-corrected chi connectivity index (χ1v) is 5.74. The molecule has 1 aromatic carbocycles.